The highest BCUT2D eigenvalue weighted by molar-refractivity contribution is 7.20. The fourth-order valence-electron chi connectivity index (χ4n) is 3.16. The Morgan fingerprint density at radius 1 is 1.24 bits per heavy atom. The summed E-state index contributed by atoms with van der Waals surface area (Å²) in [5, 5.41) is 3.78. The number of thiophene rings is 1. The number of carbonyl (C=O) groups excluding carboxylic acids is 2. The number of amides is 2. The van der Waals surface area contributed by atoms with Gasteiger partial charge in [-0.3, -0.25) is 9.59 Å². The average Bonchev–Trinajstić information content (AvgIpc) is 3.26. The third-order valence-corrected chi connectivity index (χ3v) is 5.60. The van der Waals surface area contributed by atoms with E-state index in [9.17, 15) is 9.59 Å². The molecule has 0 aliphatic carbocycles. The van der Waals surface area contributed by atoms with E-state index in [-0.39, 0.29) is 23.9 Å². The van der Waals surface area contributed by atoms with Gasteiger partial charge in [0.2, 0.25) is 5.91 Å². The lowest BCUT2D eigenvalue weighted by Crippen LogP contribution is -2.47. The maximum absolute atomic E-state index is 13.2. The number of fused-ring (bicyclic) bond motifs is 1. The first-order chi connectivity index (χ1) is 13.6. The van der Waals surface area contributed by atoms with E-state index in [1.54, 1.807) is 23.3 Å². The summed E-state index contributed by atoms with van der Waals surface area (Å²) in [7, 11) is 0. The molecule has 0 aliphatic rings. The monoisotopic (exact) mass is 414 g/mol. The third-order valence-electron chi connectivity index (χ3n) is 4.42. The molecular weight excluding hydrogens is 388 g/mol. The van der Waals surface area contributed by atoms with Gasteiger partial charge in [0.1, 0.15) is 4.83 Å². The summed E-state index contributed by atoms with van der Waals surface area (Å²) in [4.78, 5) is 37.5. The molecule has 3 aromatic rings. The van der Waals surface area contributed by atoms with E-state index in [1.165, 1.54) is 11.3 Å². The number of carbonyl (C=O) groups is 2. The van der Waals surface area contributed by atoms with E-state index in [2.05, 4.69) is 15.3 Å². The Morgan fingerprint density at radius 3 is 2.55 bits per heavy atom. The first-order valence-corrected chi connectivity index (χ1v) is 10.3. The molecular formula is C21H26N4O3S. The summed E-state index contributed by atoms with van der Waals surface area (Å²) < 4.78 is 5.41. The lowest BCUT2D eigenvalue weighted by molar-refractivity contribution is -0.123. The first kappa shape index (κ1) is 21.0. The van der Waals surface area contributed by atoms with Crippen molar-refractivity contribution < 1.29 is 14.0 Å². The van der Waals surface area contributed by atoms with E-state index in [0.717, 1.165) is 21.5 Å². The fraction of sp³-hybridized carbons (Fsp3) is 0.429. The molecule has 0 spiro atoms. The van der Waals surface area contributed by atoms with Crippen molar-refractivity contribution in [3.8, 4) is 11.6 Å². The molecule has 3 rings (SSSR count). The molecule has 0 aliphatic heterocycles. The van der Waals surface area contributed by atoms with Crippen LogP contribution in [0.4, 0.5) is 0 Å². The van der Waals surface area contributed by atoms with Crippen LogP contribution in [0.1, 0.15) is 48.6 Å². The van der Waals surface area contributed by atoms with E-state index in [4.69, 9.17) is 4.42 Å². The van der Waals surface area contributed by atoms with Crippen LogP contribution in [0.25, 0.3) is 21.8 Å². The van der Waals surface area contributed by atoms with E-state index in [1.807, 2.05) is 41.5 Å². The molecule has 0 atom stereocenters. The number of aromatic nitrogens is 2. The van der Waals surface area contributed by atoms with Crippen LogP contribution in [0.15, 0.2) is 22.8 Å². The Kier molecular flexibility index (Phi) is 5.75. The molecule has 0 bridgehead atoms. The molecule has 7 nitrogen and oxygen atoms in total. The minimum atomic E-state index is -0.345. The molecule has 0 saturated heterocycles. The Hall–Kier alpha value is -2.74. The maximum Gasteiger partial charge on any atom is 0.264 e. The van der Waals surface area contributed by atoms with Gasteiger partial charge < -0.3 is 14.6 Å². The quantitative estimate of drug-likeness (QED) is 0.683. The minimum absolute atomic E-state index is 0.0165. The molecule has 8 heteroatoms. The van der Waals surface area contributed by atoms with Crippen molar-refractivity contribution in [3.05, 3.63) is 34.5 Å². The fourth-order valence-corrected chi connectivity index (χ4v) is 4.36. The Balaban J connectivity index is 1.94. The summed E-state index contributed by atoms with van der Waals surface area (Å²) >= 11 is 1.33. The van der Waals surface area contributed by atoms with Gasteiger partial charge in [-0.2, -0.15) is 0 Å². The maximum atomic E-state index is 13.2. The highest BCUT2D eigenvalue weighted by atomic mass is 32.1. The topological polar surface area (TPSA) is 88.3 Å². The van der Waals surface area contributed by atoms with Crippen molar-refractivity contribution in [2.24, 2.45) is 0 Å². The number of nitrogens with one attached hydrogen (secondary N) is 1. The van der Waals surface area contributed by atoms with Crippen molar-refractivity contribution in [1.29, 1.82) is 0 Å². The van der Waals surface area contributed by atoms with E-state index in [0.29, 0.717) is 23.0 Å². The van der Waals surface area contributed by atoms with Crippen molar-refractivity contribution in [3.63, 3.8) is 0 Å². The second-order valence-electron chi connectivity index (χ2n) is 7.96. The van der Waals surface area contributed by atoms with Gasteiger partial charge >= 0.3 is 0 Å². The minimum Gasteiger partial charge on any atom is -0.461 e. The smallest absolute Gasteiger partial charge is 0.264 e. The standard InChI is InChI=1S/C21H26N4O3S/c1-7-25(11-15(26)24-21(4,5)6)20(27)17-12(2)16-13(3)22-18(23-19(16)29-17)14-9-8-10-28-14/h8-10H,7,11H2,1-6H3,(H,24,26). The van der Waals surface area contributed by atoms with Gasteiger partial charge in [-0.25, -0.2) is 9.97 Å². The van der Waals surface area contributed by atoms with Gasteiger partial charge in [-0.1, -0.05) is 0 Å². The van der Waals surface area contributed by atoms with Crippen molar-refractivity contribution in [1.82, 2.24) is 20.2 Å². The zero-order chi connectivity index (χ0) is 21.3. The van der Waals surface area contributed by atoms with Crippen LogP contribution in [-0.2, 0) is 4.79 Å². The summed E-state index contributed by atoms with van der Waals surface area (Å²) in [6.45, 7) is 11.9. The zero-order valence-corrected chi connectivity index (χ0v) is 18.4. The molecule has 0 aromatic carbocycles. The third kappa shape index (κ3) is 4.48. The van der Waals surface area contributed by atoms with Gasteiger partial charge in [-0.05, 0) is 59.2 Å². The number of hydrogen-bond acceptors (Lipinski definition) is 6. The van der Waals surface area contributed by atoms with Crippen molar-refractivity contribution in [2.45, 2.75) is 47.1 Å². The van der Waals surface area contributed by atoms with Crippen LogP contribution in [0, 0.1) is 13.8 Å². The number of hydrogen-bond donors (Lipinski definition) is 1. The lowest BCUT2D eigenvalue weighted by Gasteiger charge is -2.25. The van der Waals surface area contributed by atoms with Gasteiger partial charge in [0.05, 0.1) is 23.4 Å². The van der Waals surface area contributed by atoms with Crippen molar-refractivity contribution >= 4 is 33.4 Å². The molecule has 0 radical (unpaired) electrons. The Bertz CT molecular complexity index is 1050. The molecule has 3 heterocycles. The van der Waals surface area contributed by atoms with Gasteiger partial charge in [-0.15, -0.1) is 11.3 Å². The average molecular weight is 415 g/mol. The highest BCUT2D eigenvalue weighted by Crippen LogP contribution is 2.33. The summed E-state index contributed by atoms with van der Waals surface area (Å²) in [6.07, 6.45) is 1.58. The molecule has 0 fully saturated rings. The second-order valence-corrected chi connectivity index (χ2v) is 8.96. The number of nitrogens with zero attached hydrogens (tertiary/aromatic N) is 3. The zero-order valence-electron chi connectivity index (χ0n) is 17.6. The molecule has 0 saturated carbocycles. The van der Waals surface area contributed by atoms with Crippen LogP contribution in [0.2, 0.25) is 0 Å². The highest BCUT2D eigenvalue weighted by Gasteiger charge is 2.25. The number of furan rings is 1. The van der Waals surface area contributed by atoms with Gasteiger partial charge in [0.15, 0.2) is 11.6 Å². The van der Waals surface area contributed by atoms with E-state index < -0.39 is 0 Å². The molecule has 3 aromatic heterocycles. The second kappa shape index (κ2) is 7.94. The molecule has 0 unspecified atom stereocenters. The molecule has 1 N–H and O–H groups in total. The SMILES string of the molecule is CCN(CC(=O)NC(C)(C)C)C(=O)c1sc2nc(-c3ccco3)nc(C)c2c1C. The number of likely N-dealkylation sites (N-methyl/N-ethyl adjacent to an activating group) is 1. The van der Waals surface area contributed by atoms with Crippen LogP contribution in [0.3, 0.4) is 0 Å². The summed E-state index contributed by atoms with van der Waals surface area (Å²) in [5.41, 5.74) is 1.29. The van der Waals surface area contributed by atoms with Crippen LogP contribution in [-0.4, -0.2) is 45.3 Å². The van der Waals surface area contributed by atoms with Crippen LogP contribution in [0.5, 0.6) is 0 Å². The predicted molar refractivity (Wildman–Crippen MR) is 114 cm³/mol. The first-order valence-electron chi connectivity index (χ1n) is 9.52. The largest absolute Gasteiger partial charge is 0.461 e. The normalized spacial score (nSPS) is 11.7. The lowest BCUT2D eigenvalue weighted by atomic mass is 10.1. The Morgan fingerprint density at radius 2 is 1.97 bits per heavy atom. The molecule has 2 amide bonds. The van der Waals surface area contributed by atoms with E-state index >= 15 is 0 Å². The number of rotatable bonds is 5. The van der Waals surface area contributed by atoms with Crippen LogP contribution < -0.4 is 5.32 Å². The predicted octanol–water partition coefficient (Wildman–Crippen LogP) is 3.94. The van der Waals surface area contributed by atoms with Gasteiger partial charge in [0.25, 0.3) is 5.91 Å². The number of aryl methyl sites for hydroxylation is 2. The summed E-state index contributed by atoms with van der Waals surface area (Å²) in [6, 6.07) is 3.59. The molecule has 154 valence electrons. The van der Waals surface area contributed by atoms with Crippen molar-refractivity contribution in [2.75, 3.05) is 13.1 Å². The summed E-state index contributed by atoms with van der Waals surface area (Å²) in [5.74, 6) is 0.735. The molecule has 29 heavy (non-hydrogen) atoms. The van der Waals surface area contributed by atoms with Crippen LogP contribution >= 0.6 is 11.3 Å². The van der Waals surface area contributed by atoms with Gasteiger partial charge in [0, 0.05) is 17.5 Å². The Labute approximate surface area is 174 Å².